The van der Waals surface area contributed by atoms with Gasteiger partial charge in [0.25, 0.3) is 10.0 Å². The molecule has 0 saturated heterocycles. The first-order valence-corrected chi connectivity index (χ1v) is 11.3. The molecule has 0 unspecified atom stereocenters. The van der Waals surface area contributed by atoms with E-state index in [9.17, 15) is 41.4 Å². The Hall–Kier alpha value is -4.06. The van der Waals surface area contributed by atoms with E-state index in [2.05, 4.69) is 0 Å². The Morgan fingerprint density at radius 2 is 1.54 bits per heavy atom. The number of carbonyl (C=O) groups is 2. The van der Waals surface area contributed by atoms with Gasteiger partial charge >= 0.3 is 18.1 Å². The fourth-order valence-electron chi connectivity index (χ4n) is 3.16. The number of sulfonamides is 1. The standard InChI is InChI=1S/C23H18F3NO7S/c24-23(25,26)16-10-11-19(20(12-16)34-14-15-6-4-5-9-18(15)22(30)31)27(13-21(28)29)35(32,33)17-7-2-1-3-8-17/h1-12H,13-14H2,(H,28,29)(H,30,31). The molecule has 3 aromatic carbocycles. The molecule has 0 bridgehead atoms. The number of alkyl halides is 3. The maximum atomic E-state index is 13.4. The van der Waals surface area contributed by atoms with Crippen LogP contribution in [0.25, 0.3) is 0 Å². The molecule has 35 heavy (non-hydrogen) atoms. The van der Waals surface area contributed by atoms with E-state index in [-0.39, 0.29) is 16.0 Å². The molecule has 0 aliphatic rings. The van der Waals surface area contributed by atoms with Crippen molar-refractivity contribution in [2.24, 2.45) is 0 Å². The molecule has 0 radical (unpaired) electrons. The SMILES string of the molecule is O=C(O)CN(c1ccc(C(F)(F)F)cc1OCc1ccccc1C(=O)O)S(=O)(=O)c1ccccc1. The van der Waals surface area contributed by atoms with Gasteiger partial charge in [-0.2, -0.15) is 13.2 Å². The maximum absolute atomic E-state index is 13.4. The molecule has 12 heteroatoms. The molecule has 184 valence electrons. The molecule has 3 rings (SSSR count). The predicted octanol–water partition coefficient (Wildman–Crippen LogP) is 4.26. The van der Waals surface area contributed by atoms with Gasteiger partial charge in [0.05, 0.1) is 21.7 Å². The van der Waals surface area contributed by atoms with Crippen molar-refractivity contribution in [2.45, 2.75) is 17.7 Å². The monoisotopic (exact) mass is 509 g/mol. The Bertz CT molecular complexity index is 1340. The van der Waals surface area contributed by atoms with Gasteiger partial charge < -0.3 is 14.9 Å². The highest BCUT2D eigenvalue weighted by molar-refractivity contribution is 7.92. The highest BCUT2D eigenvalue weighted by Gasteiger charge is 2.34. The number of aliphatic carboxylic acids is 1. The second-order valence-electron chi connectivity index (χ2n) is 7.15. The second-order valence-corrected chi connectivity index (χ2v) is 9.01. The smallest absolute Gasteiger partial charge is 0.416 e. The van der Waals surface area contributed by atoms with E-state index in [1.54, 1.807) is 0 Å². The quantitative estimate of drug-likeness (QED) is 0.442. The maximum Gasteiger partial charge on any atom is 0.416 e. The molecule has 2 N–H and O–H groups in total. The minimum Gasteiger partial charge on any atom is -0.487 e. The van der Waals surface area contributed by atoms with Crippen molar-refractivity contribution in [1.82, 2.24) is 0 Å². The molecule has 0 aliphatic heterocycles. The van der Waals surface area contributed by atoms with E-state index >= 15 is 0 Å². The Morgan fingerprint density at radius 1 is 0.914 bits per heavy atom. The topological polar surface area (TPSA) is 121 Å². The molecule has 3 aromatic rings. The lowest BCUT2D eigenvalue weighted by atomic mass is 10.1. The average Bonchev–Trinajstić information content (AvgIpc) is 2.81. The van der Waals surface area contributed by atoms with Crippen molar-refractivity contribution in [3.63, 3.8) is 0 Å². The molecule has 8 nitrogen and oxygen atoms in total. The molecule has 0 aromatic heterocycles. The molecule has 0 aliphatic carbocycles. The Labute approximate surface area is 197 Å². The van der Waals surface area contributed by atoms with E-state index in [0.717, 1.165) is 6.07 Å². The number of hydrogen-bond acceptors (Lipinski definition) is 5. The van der Waals surface area contributed by atoms with Crippen LogP contribution in [-0.2, 0) is 27.6 Å². The van der Waals surface area contributed by atoms with Crippen LogP contribution in [0.1, 0.15) is 21.5 Å². The fourth-order valence-corrected chi connectivity index (χ4v) is 4.61. The molecule has 0 amide bonds. The van der Waals surface area contributed by atoms with Gasteiger partial charge in [-0.25, -0.2) is 13.2 Å². The molecular weight excluding hydrogens is 491 g/mol. The van der Waals surface area contributed by atoms with Gasteiger partial charge in [0, 0.05) is 5.56 Å². The van der Waals surface area contributed by atoms with Crippen LogP contribution in [0.3, 0.4) is 0 Å². The first-order valence-electron chi connectivity index (χ1n) is 9.86. The summed E-state index contributed by atoms with van der Waals surface area (Å²) in [6.07, 6.45) is -4.81. The Kier molecular flexibility index (Phi) is 7.34. The molecular formula is C23H18F3NO7S. The van der Waals surface area contributed by atoms with Crippen molar-refractivity contribution >= 4 is 27.6 Å². The number of aromatic carboxylic acids is 1. The first kappa shape index (κ1) is 25.6. The summed E-state index contributed by atoms with van der Waals surface area (Å²) in [5.41, 5.74) is -1.69. The fraction of sp³-hybridized carbons (Fsp3) is 0.130. The zero-order valence-electron chi connectivity index (χ0n) is 17.8. The zero-order valence-corrected chi connectivity index (χ0v) is 18.6. The van der Waals surface area contributed by atoms with Gasteiger partial charge in [-0.1, -0.05) is 36.4 Å². The second kappa shape index (κ2) is 10.1. The molecule has 0 fully saturated rings. The van der Waals surface area contributed by atoms with Gasteiger partial charge in [-0.05, 0) is 36.4 Å². The summed E-state index contributed by atoms with van der Waals surface area (Å²) < 4.78 is 72.5. The van der Waals surface area contributed by atoms with Crippen LogP contribution in [-0.4, -0.2) is 37.1 Å². The number of carboxylic acid groups (broad SMARTS) is 2. The van der Waals surface area contributed by atoms with E-state index in [1.807, 2.05) is 0 Å². The Morgan fingerprint density at radius 3 is 2.14 bits per heavy atom. The lowest BCUT2D eigenvalue weighted by Gasteiger charge is -2.26. The number of nitrogens with zero attached hydrogens (tertiary/aromatic N) is 1. The summed E-state index contributed by atoms with van der Waals surface area (Å²) in [6, 6.07) is 14.3. The van der Waals surface area contributed by atoms with E-state index in [4.69, 9.17) is 4.74 Å². The van der Waals surface area contributed by atoms with E-state index < -0.39 is 58.3 Å². The van der Waals surface area contributed by atoms with Gasteiger partial charge in [0.15, 0.2) is 0 Å². The zero-order chi connectivity index (χ0) is 25.8. The number of benzene rings is 3. The van der Waals surface area contributed by atoms with Gasteiger partial charge in [0.2, 0.25) is 0 Å². The molecule has 0 saturated carbocycles. The lowest BCUT2D eigenvalue weighted by molar-refractivity contribution is -0.138. The van der Waals surface area contributed by atoms with Crippen LogP contribution in [0.2, 0.25) is 0 Å². The number of hydrogen-bond donors (Lipinski definition) is 2. The average molecular weight is 509 g/mol. The summed E-state index contributed by atoms with van der Waals surface area (Å²) in [6.45, 7) is -1.63. The number of anilines is 1. The summed E-state index contributed by atoms with van der Waals surface area (Å²) in [4.78, 5) is 22.7. The number of ether oxygens (including phenoxy) is 1. The third kappa shape index (κ3) is 5.90. The van der Waals surface area contributed by atoms with Gasteiger partial charge in [-0.3, -0.25) is 9.10 Å². The molecule has 0 atom stereocenters. The first-order chi connectivity index (χ1) is 16.4. The summed E-state index contributed by atoms with van der Waals surface area (Å²) in [7, 11) is -4.53. The minimum atomic E-state index is -4.81. The highest BCUT2D eigenvalue weighted by Crippen LogP contribution is 2.39. The summed E-state index contributed by atoms with van der Waals surface area (Å²) in [5, 5.41) is 18.7. The Balaban J connectivity index is 2.13. The van der Waals surface area contributed by atoms with Crippen LogP contribution >= 0.6 is 0 Å². The summed E-state index contributed by atoms with van der Waals surface area (Å²) >= 11 is 0. The van der Waals surface area contributed by atoms with Gasteiger partial charge in [0.1, 0.15) is 18.9 Å². The normalized spacial score (nSPS) is 11.6. The molecule has 0 spiro atoms. The van der Waals surface area contributed by atoms with E-state index in [0.29, 0.717) is 16.4 Å². The van der Waals surface area contributed by atoms with Crippen LogP contribution in [0.4, 0.5) is 18.9 Å². The predicted molar refractivity (Wildman–Crippen MR) is 118 cm³/mol. The van der Waals surface area contributed by atoms with E-state index in [1.165, 1.54) is 54.6 Å². The van der Waals surface area contributed by atoms with Crippen LogP contribution in [0, 0.1) is 0 Å². The number of carboxylic acids is 2. The lowest BCUT2D eigenvalue weighted by Crippen LogP contribution is -2.36. The van der Waals surface area contributed by atoms with Gasteiger partial charge in [-0.15, -0.1) is 0 Å². The largest absolute Gasteiger partial charge is 0.487 e. The van der Waals surface area contributed by atoms with Crippen LogP contribution in [0.5, 0.6) is 5.75 Å². The summed E-state index contributed by atoms with van der Waals surface area (Å²) in [5.74, 6) is -3.46. The number of halogens is 3. The van der Waals surface area contributed by atoms with Crippen molar-refractivity contribution in [1.29, 1.82) is 0 Å². The van der Waals surface area contributed by atoms with Crippen LogP contribution < -0.4 is 9.04 Å². The number of rotatable bonds is 9. The third-order valence-corrected chi connectivity index (χ3v) is 6.57. The van der Waals surface area contributed by atoms with Crippen molar-refractivity contribution in [3.8, 4) is 5.75 Å². The van der Waals surface area contributed by atoms with Crippen LogP contribution in [0.15, 0.2) is 77.7 Å². The minimum absolute atomic E-state index is 0.110. The third-order valence-electron chi connectivity index (χ3n) is 4.80. The van der Waals surface area contributed by atoms with Crippen molar-refractivity contribution < 1.29 is 46.1 Å². The highest BCUT2D eigenvalue weighted by atomic mass is 32.2. The van der Waals surface area contributed by atoms with Crippen molar-refractivity contribution in [2.75, 3.05) is 10.8 Å². The van der Waals surface area contributed by atoms with Crippen molar-refractivity contribution in [3.05, 3.63) is 89.5 Å². The molecule has 0 heterocycles.